The van der Waals surface area contributed by atoms with Crippen LogP contribution in [0.4, 0.5) is 5.69 Å². The van der Waals surface area contributed by atoms with Crippen molar-refractivity contribution >= 4 is 16.9 Å². The standard InChI is InChI=1S/C15H16N4/c1-10-8-13-15(17-9-10)19-14(18-13)7-4-11-2-5-12(16)6-3-11/h2-3,5-6,8-9H,4,7,16H2,1H3,(H,17,18,19). The van der Waals surface area contributed by atoms with Gasteiger partial charge in [-0.2, -0.15) is 0 Å². The number of fused-ring (bicyclic) bond motifs is 1. The molecule has 0 saturated heterocycles. The molecule has 2 heterocycles. The maximum absolute atomic E-state index is 5.67. The van der Waals surface area contributed by atoms with Gasteiger partial charge in [-0.15, -0.1) is 0 Å². The Balaban J connectivity index is 1.76. The number of hydrogen-bond donors (Lipinski definition) is 2. The first-order valence-corrected chi connectivity index (χ1v) is 6.36. The molecule has 0 aliphatic heterocycles. The highest BCUT2D eigenvalue weighted by atomic mass is 15.0. The molecule has 0 bridgehead atoms. The van der Waals surface area contributed by atoms with E-state index in [0.717, 1.165) is 41.1 Å². The number of nitrogens with one attached hydrogen (secondary N) is 1. The fourth-order valence-electron chi connectivity index (χ4n) is 2.12. The number of hydrogen-bond acceptors (Lipinski definition) is 3. The van der Waals surface area contributed by atoms with Crippen LogP contribution in [-0.2, 0) is 12.8 Å². The van der Waals surface area contributed by atoms with Crippen molar-refractivity contribution in [2.24, 2.45) is 0 Å². The Labute approximate surface area is 111 Å². The van der Waals surface area contributed by atoms with E-state index in [2.05, 4.69) is 33.2 Å². The number of imidazole rings is 1. The van der Waals surface area contributed by atoms with Gasteiger partial charge in [-0.1, -0.05) is 12.1 Å². The van der Waals surface area contributed by atoms with Gasteiger partial charge in [0.1, 0.15) is 5.82 Å². The van der Waals surface area contributed by atoms with Crippen LogP contribution in [0, 0.1) is 6.92 Å². The van der Waals surface area contributed by atoms with Gasteiger partial charge in [0, 0.05) is 18.3 Å². The van der Waals surface area contributed by atoms with Crippen LogP contribution in [0.3, 0.4) is 0 Å². The van der Waals surface area contributed by atoms with Crippen LogP contribution in [0.1, 0.15) is 17.0 Å². The molecule has 0 unspecified atom stereocenters. The Morgan fingerprint density at radius 1 is 1.16 bits per heavy atom. The second-order valence-electron chi connectivity index (χ2n) is 4.81. The van der Waals surface area contributed by atoms with Crippen LogP contribution >= 0.6 is 0 Å². The molecule has 0 saturated carbocycles. The molecule has 19 heavy (non-hydrogen) atoms. The van der Waals surface area contributed by atoms with Gasteiger partial charge in [-0.25, -0.2) is 9.97 Å². The summed E-state index contributed by atoms with van der Waals surface area (Å²) in [4.78, 5) is 12.1. The van der Waals surface area contributed by atoms with Crippen molar-refractivity contribution in [2.45, 2.75) is 19.8 Å². The molecular formula is C15H16N4. The minimum Gasteiger partial charge on any atom is -0.399 e. The average Bonchev–Trinajstić information content (AvgIpc) is 2.80. The summed E-state index contributed by atoms with van der Waals surface area (Å²) in [6.07, 6.45) is 3.66. The third-order valence-electron chi connectivity index (χ3n) is 3.15. The van der Waals surface area contributed by atoms with E-state index in [1.807, 2.05) is 25.3 Å². The quantitative estimate of drug-likeness (QED) is 0.704. The van der Waals surface area contributed by atoms with Gasteiger partial charge in [0.25, 0.3) is 0 Å². The van der Waals surface area contributed by atoms with E-state index in [1.54, 1.807) is 0 Å². The van der Waals surface area contributed by atoms with Crippen molar-refractivity contribution in [1.82, 2.24) is 15.0 Å². The summed E-state index contributed by atoms with van der Waals surface area (Å²) in [6.45, 7) is 2.03. The molecule has 3 N–H and O–H groups in total. The summed E-state index contributed by atoms with van der Waals surface area (Å²) in [5, 5.41) is 0. The topological polar surface area (TPSA) is 67.6 Å². The number of H-pyrrole nitrogens is 1. The van der Waals surface area contributed by atoms with Gasteiger partial charge < -0.3 is 10.7 Å². The van der Waals surface area contributed by atoms with Crippen molar-refractivity contribution < 1.29 is 0 Å². The van der Waals surface area contributed by atoms with E-state index in [4.69, 9.17) is 5.73 Å². The molecule has 96 valence electrons. The lowest BCUT2D eigenvalue weighted by atomic mass is 10.1. The number of aryl methyl sites for hydroxylation is 3. The van der Waals surface area contributed by atoms with Crippen molar-refractivity contribution in [3.05, 3.63) is 53.5 Å². The molecule has 0 fully saturated rings. The highest BCUT2D eigenvalue weighted by Crippen LogP contribution is 2.13. The number of pyridine rings is 1. The third-order valence-corrected chi connectivity index (χ3v) is 3.15. The second-order valence-corrected chi connectivity index (χ2v) is 4.81. The first-order valence-electron chi connectivity index (χ1n) is 6.36. The van der Waals surface area contributed by atoms with Crippen molar-refractivity contribution in [3.63, 3.8) is 0 Å². The maximum atomic E-state index is 5.67. The largest absolute Gasteiger partial charge is 0.399 e. The Kier molecular flexibility index (Phi) is 2.91. The molecule has 0 spiro atoms. The lowest BCUT2D eigenvalue weighted by Crippen LogP contribution is -1.94. The molecule has 2 aromatic heterocycles. The van der Waals surface area contributed by atoms with Crippen LogP contribution in [0.2, 0.25) is 0 Å². The number of nitrogens with zero attached hydrogens (tertiary/aromatic N) is 2. The summed E-state index contributed by atoms with van der Waals surface area (Å²) >= 11 is 0. The number of benzene rings is 1. The molecule has 0 aliphatic carbocycles. The lowest BCUT2D eigenvalue weighted by molar-refractivity contribution is 0.889. The Bertz CT molecular complexity index is 698. The monoisotopic (exact) mass is 252 g/mol. The van der Waals surface area contributed by atoms with Crippen LogP contribution in [-0.4, -0.2) is 15.0 Å². The first kappa shape index (κ1) is 11.7. The Hall–Kier alpha value is -2.36. The Morgan fingerprint density at radius 2 is 1.95 bits per heavy atom. The zero-order valence-corrected chi connectivity index (χ0v) is 10.9. The summed E-state index contributed by atoms with van der Waals surface area (Å²) in [7, 11) is 0. The molecule has 3 aromatic rings. The zero-order chi connectivity index (χ0) is 13.2. The normalized spacial score (nSPS) is 11.0. The van der Waals surface area contributed by atoms with Crippen LogP contribution in [0.15, 0.2) is 36.5 Å². The fourth-order valence-corrected chi connectivity index (χ4v) is 2.12. The van der Waals surface area contributed by atoms with E-state index in [0.29, 0.717) is 0 Å². The van der Waals surface area contributed by atoms with E-state index in [9.17, 15) is 0 Å². The van der Waals surface area contributed by atoms with E-state index in [-0.39, 0.29) is 0 Å². The number of nitrogens with two attached hydrogens (primary N) is 1. The van der Waals surface area contributed by atoms with E-state index >= 15 is 0 Å². The molecular weight excluding hydrogens is 236 g/mol. The average molecular weight is 252 g/mol. The number of rotatable bonds is 3. The summed E-state index contributed by atoms with van der Waals surface area (Å²) in [5.74, 6) is 0.977. The van der Waals surface area contributed by atoms with Gasteiger partial charge in [-0.3, -0.25) is 0 Å². The molecule has 1 aromatic carbocycles. The minimum absolute atomic E-state index is 0.790. The lowest BCUT2D eigenvalue weighted by Gasteiger charge is -1.99. The Morgan fingerprint density at radius 3 is 2.74 bits per heavy atom. The molecule has 0 aliphatic rings. The zero-order valence-electron chi connectivity index (χ0n) is 10.9. The molecule has 4 nitrogen and oxygen atoms in total. The highest BCUT2D eigenvalue weighted by Gasteiger charge is 2.04. The van der Waals surface area contributed by atoms with E-state index < -0.39 is 0 Å². The van der Waals surface area contributed by atoms with Gasteiger partial charge in [0.2, 0.25) is 0 Å². The van der Waals surface area contributed by atoms with Crippen molar-refractivity contribution in [2.75, 3.05) is 5.73 Å². The number of nitrogen functional groups attached to an aromatic ring is 1. The summed E-state index contributed by atoms with van der Waals surface area (Å²) in [6, 6.07) is 10.0. The number of aromatic nitrogens is 3. The maximum Gasteiger partial charge on any atom is 0.177 e. The van der Waals surface area contributed by atoms with Gasteiger partial charge in [-0.05, 0) is 42.7 Å². The molecule has 3 rings (SSSR count). The second kappa shape index (κ2) is 4.72. The van der Waals surface area contributed by atoms with Crippen LogP contribution in [0.25, 0.3) is 11.2 Å². The number of aromatic amines is 1. The third kappa shape index (κ3) is 2.57. The fraction of sp³-hybridized carbons (Fsp3) is 0.200. The summed E-state index contributed by atoms with van der Waals surface area (Å²) < 4.78 is 0. The molecule has 4 heteroatoms. The molecule has 0 radical (unpaired) electrons. The van der Waals surface area contributed by atoms with Gasteiger partial charge in [0.15, 0.2) is 5.65 Å². The van der Waals surface area contributed by atoms with Crippen molar-refractivity contribution in [1.29, 1.82) is 0 Å². The van der Waals surface area contributed by atoms with Crippen LogP contribution in [0.5, 0.6) is 0 Å². The highest BCUT2D eigenvalue weighted by molar-refractivity contribution is 5.70. The smallest absolute Gasteiger partial charge is 0.177 e. The number of anilines is 1. The van der Waals surface area contributed by atoms with Gasteiger partial charge >= 0.3 is 0 Å². The predicted molar refractivity (Wildman–Crippen MR) is 76.9 cm³/mol. The van der Waals surface area contributed by atoms with Gasteiger partial charge in [0.05, 0.1) is 5.52 Å². The van der Waals surface area contributed by atoms with Crippen LogP contribution < -0.4 is 5.73 Å². The predicted octanol–water partition coefficient (Wildman–Crippen LogP) is 2.63. The minimum atomic E-state index is 0.790. The van der Waals surface area contributed by atoms with E-state index in [1.165, 1.54) is 5.56 Å². The molecule has 0 atom stereocenters. The molecule has 0 amide bonds. The summed E-state index contributed by atoms with van der Waals surface area (Å²) in [5.41, 5.74) is 10.7. The van der Waals surface area contributed by atoms with Crippen molar-refractivity contribution in [3.8, 4) is 0 Å². The SMILES string of the molecule is Cc1cnc2nc(CCc3ccc(N)cc3)[nH]c2c1. The first-order chi connectivity index (χ1) is 9.20.